The number of aromatic nitrogens is 2. The molecule has 19 heavy (non-hydrogen) atoms. The molecular weight excluding hydrogens is 259 g/mol. The number of para-hydroxylation sites is 1. The lowest BCUT2D eigenvalue weighted by molar-refractivity contribution is -0.173. The molecule has 0 aliphatic heterocycles. The Labute approximate surface area is 106 Å². The average Bonchev–Trinajstić information content (AvgIpc) is 2.84. The fourth-order valence-corrected chi connectivity index (χ4v) is 1.46. The van der Waals surface area contributed by atoms with E-state index in [0.717, 1.165) is 5.69 Å². The normalized spacial score (nSPS) is 11.3. The number of nitrogens with zero attached hydrogens (tertiary/aromatic N) is 2. The Morgan fingerprint density at radius 3 is 2.58 bits per heavy atom. The Morgan fingerprint density at radius 1 is 1.26 bits per heavy atom. The van der Waals surface area contributed by atoms with E-state index < -0.39 is 12.1 Å². The Morgan fingerprint density at radius 2 is 1.95 bits per heavy atom. The van der Waals surface area contributed by atoms with Crippen LogP contribution >= 0.6 is 0 Å². The molecule has 0 spiro atoms. The fraction of sp³-hybridized carbons (Fsp3) is 0.167. The van der Waals surface area contributed by atoms with Crippen molar-refractivity contribution < 1.29 is 18.0 Å². The quantitative estimate of drug-likeness (QED) is 0.927. The molecule has 0 radical (unpaired) electrons. The maximum Gasteiger partial charge on any atom is 0.471 e. The molecule has 0 unspecified atom stereocenters. The van der Waals surface area contributed by atoms with Crippen LogP contribution in [0.2, 0.25) is 0 Å². The molecule has 0 bridgehead atoms. The van der Waals surface area contributed by atoms with E-state index in [1.807, 2.05) is 30.3 Å². The van der Waals surface area contributed by atoms with Gasteiger partial charge in [-0.25, -0.2) is 4.68 Å². The molecule has 1 aromatic heterocycles. The van der Waals surface area contributed by atoms with Crippen LogP contribution in [-0.2, 0) is 11.3 Å². The van der Waals surface area contributed by atoms with Crippen molar-refractivity contribution in [3.8, 4) is 5.69 Å². The lowest BCUT2D eigenvalue weighted by Crippen LogP contribution is -2.36. The summed E-state index contributed by atoms with van der Waals surface area (Å²) in [6.07, 6.45) is -1.90. The molecule has 1 amide bonds. The topological polar surface area (TPSA) is 46.9 Å². The third-order valence-corrected chi connectivity index (χ3v) is 2.37. The van der Waals surface area contributed by atoms with Gasteiger partial charge in [-0.1, -0.05) is 18.2 Å². The van der Waals surface area contributed by atoms with Gasteiger partial charge in [0.1, 0.15) is 0 Å². The van der Waals surface area contributed by atoms with Gasteiger partial charge in [0.25, 0.3) is 0 Å². The number of carbonyl (C=O) groups is 1. The van der Waals surface area contributed by atoms with E-state index in [-0.39, 0.29) is 6.54 Å². The molecule has 2 aromatic rings. The van der Waals surface area contributed by atoms with E-state index in [0.29, 0.717) is 5.56 Å². The zero-order valence-electron chi connectivity index (χ0n) is 9.69. The highest BCUT2D eigenvalue weighted by Gasteiger charge is 2.38. The number of carbonyl (C=O) groups excluding carboxylic acids is 1. The van der Waals surface area contributed by atoms with E-state index in [2.05, 4.69) is 5.10 Å². The molecule has 0 aliphatic carbocycles. The van der Waals surface area contributed by atoms with Crippen LogP contribution < -0.4 is 5.32 Å². The van der Waals surface area contributed by atoms with E-state index in [1.54, 1.807) is 11.5 Å². The number of rotatable bonds is 3. The summed E-state index contributed by atoms with van der Waals surface area (Å²) in [5, 5.41) is 5.80. The van der Waals surface area contributed by atoms with Gasteiger partial charge >= 0.3 is 12.1 Å². The Bertz CT molecular complexity index is 563. The van der Waals surface area contributed by atoms with Crippen LogP contribution in [0.5, 0.6) is 0 Å². The highest BCUT2D eigenvalue weighted by molar-refractivity contribution is 5.81. The van der Waals surface area contributed by atoms with Crippen molar-refractivity contribution in [3.05, 3.63) is 48.3 Å². The molecule has 1 heterocycles. The zero-order valence-corrected chi connectivity index (χ0v) is 9.69. The molecule has 0 aliphatic rings. The standard InChI is InChI=1S/C12H10F3N3O/c13-12(14,15)11(19)16-6-9-7-17-18(8-9)10-4-2-1-3-5-10/h1-5,7-8H,6H2,(H,16,19). The van der Waals surface area contributed by atoms with Crippen LogP contribution in [0.4, 0.5) is 13.2 Å². The van der Waals surface area contributed by atoms with Crippen molar-refractivity contribution in [1.82, 2.24) is 15.1 Å². The summed E-state index contributed by atoms with van der Waals surface area (Å²) in [6.45, 7) is -0.217. The molecule has 1 N–H and O–H groups in total. The Hall–Kier alpha value is -2.31. The second-order valence-electron chi connectivity index (χ2n) is 3.81. The van der Waals surface area contributed by atoms with E-state index in [9.17, 15) is 18.0 Å². The predicted octanol–water partition coefficient (Wildman–Crippen LogP) is 2.05. The van der Waals surface area contributed by atoms with Gasteiger partial charge in [-0.15, -0.1) is 0 Å². The molecule has 7 heteroatoms. The summed E-state index contributed by atoms with van der Waals surface area (Å²) >= 11 is 0. The van der Waals surface area contributed by atoms with E-state index >= 15 is 0 Å². The van der Waals surface area contributed by atoms with Crippen molar-refractivity contribution in [2.45, 2.75) is 12.7 Å². The van der Waals surface area contributed by atoms with Crippen LogP contribution in [0, 0.1) is 0 Å². The number of nitrogens with one attached hydrogen (secondary N) is 1. The second kappa shape index (κ2) is 5.13. The molecule has 100 valence electrons. The summed E-state index contributed by atoms with van der Waals surface area (Å²) < 4.78 is 37.5. The lowest BCUT2D eigenvalue weighted by Gasteiger charge is -2.06. The molecule has 0 fully saturated rings. The number of halogens is 3. The summed E-state index contributed by atoms with van der Waals surface area (Å²) in [5.74, 6) is -1.96. The first-order valence-electron chi connectivity index (χ1n) is 5.41. The lowest BCUT2D eigenvalue weighted by atomic mass is 10.3. The van der Waals surface area contributed by atoms with Crippen molar-refractivity contribution in [1.29, 1.82) is 0 Å². The van der Waals surface area contributed by atoms with Crippen molar-refractivity contribution in [3.63, 3.8) is 0 Å². The number of amides is 1. The third-order valence-electron chi connectivity index (χ3n) is 2.37. The molecule has 4 nitrogen and oxygen atoms in total. The molecule has 0 saturated heterocycles. The first-order chi connectivity index (χ1) is 8.97. The smallest absolute Gasteiger partial charge is 0.344 e. The van der Waals surface area contributed by atoms with Gasteiger partial charge < -0.3 is 5.32 Å². The van der Waals surface area contributed by atoms with Crippen LogP contribution in [-0.4, -0.2) is 21.9 Å². The highest BCUT2D eigenvalue weighted by Crippen LogP contribution is 2.14. The molecule has 0 saturated carbocycles. The van der Waals surface area contributed by atoms with E-state index in [1.165, 1.54) is 10.9 Å². The minimum absolute atomic E-state index is 0.217. The summed E-state index contributed by atoms with van der Waals surface area (Å²) in [4.78, 5) is 10.7. The Kier molecular flexibility index (Phi) is 3.55. The number of benzene rings is 1. The zero-order chi connectivity index (χ0) is 13.9. The molecule has 2 rings (SSSR count). The van der Waals surface area contributed by atoms with Gasteiger partial charge in [-0.3, -0.25) is 4.79 Å². The maximum absolute atomic E-state index is 12.0. The molecule has 0 atom stereocenters. The fourth-order valence-electron chi connectivity index (χ4n) is 1.46. The van der Waals surface area contributed by atoms with Crippen molar-refractivity contribution in [2.75, 3.05) is 0 Å². The molecular formula is C12H10F3N3O. The second-order valence-corrected chi connectivity index (χ2v) is 3.81. The first kappa shape index (κ1) is 13.1. The van der Waals surface area contributed by atoms with Gasteiger partial charge in [-0.2, -0.15) is 18.3 Å². The first-order valence-corrected chi connectivity index (χ1v) is 5.41. The summed E-state index contributed by atoms with van der Waals surface area (Å²) in [7, 11) is 0. The predicted molar refractivity (Wildman–Crippen MR) is 61.5 cm³/mol. The van der Waals surface area contributed by atoms with Gasteiger partial charge in [0.2, 0.25) is 0 Å². The van der Waals surface area contributed by atoms with Crippen molar-refractivity contribution in [2.24, 2.45) is 0 Å². The summed E-state index contributed by atoms with van der Waals surface area (Å²) in [6, 6.07) is 9.11. The van der Waals surface area contributed by atoms with Crippen LogP contribution in [0.15, 0.2) is 42.7 Å². The van der Waals surface area contributed by atoms with Gasteiger partial charge in [0.15, 0.2) is 0 Å². The number of hydrogen-bond acceptors (Lipinski definition) is 2. The van der Waals surface area contributed by atoms with Crippen LogP contribution in [0.25, 0.3) is 5.69 Å². The van der Waals surface area contributed by atoms with E-state index in [4.69, 9.17) is 0 Å². The van der Waals surface area contributed by atoms with Crippen molar-refractivity contribution >= 4 is 5.91 Å². The molecule has 1 aromatic carbocycles. The van der Waals surface area contributed by atoms with Crippen LogP contribution in [0.3, 0.4) is 0 Å². The monoisotopic (exact) mass is 269 g/mol. The third kappa shape index (κ3) is 3.34. The summed E-state index contributed by atoms with van der Waals surface area (Å²) in [5.41, 5.74) is 1.28. The minimum Gasteiger partial charge on any atom is -0.344 e. The number of alkyl halides is 3. The van der Waals surface area contributed by atoms with Gasteiger partial charge in [0.05, 0.1) is 11.9 Å². The number of hydrogen-bond donors (Lipinski definition) is 1. The van der Waals surface area contributed by atoms with Crippen LogP contribution in [0.1, 0.15) is 5.56 Å². The largest absolute Gasteiger partial charge is 0.471 e. The minimum atomic E-state index is -4.87. The SMILES string of the molecule is O=C(NCc1cnn(-c2ccccc2)c1)C(F)(F)F. The highest BCUT2D eigenvalue weighted by atomic mass is 19.4. The Balaban J connectivity index is 2.01. The van der Waals surface area contributed by atoms with Gasteiger partial charge in [0, 0.05) is 18.3 Å². The average molecular weight is 269 g/mol. The maximum atomic E-state index is 12.0. The van der Waals surface area contributed by atoms with Gasteiger partial charge in [-0.05, 0) is 12.1 Å².